The molecule has 1 aromatic carbocycles. The smallest absolute Gasteiger partial charge is 0.416 e. The summed E-state index contributed by atoms with van der Waals surface area (Å²) in [5.41, 5.74) is -0.949. The summed E-state index contributed by atoms with van der Waals surface area (Å²) in [7, 11) is 0. The molecule has 1 rings (SSSR count). The van der Waals surface area contributed by atoms with Crippen LogP contribution in [0.5, 0.6) is 0 Å². The fourth-order valence-electron chi connectivity index (χ4n) is 1.52. The molecule has 0 aromatic heterocycles. The minimum atomic E-state index is -4.56. The van der Waals surface area contributed by atoms with E-state index in [1.807, 2.05) is 0 Å². The third kappa shape index (κ3) is 5.50. The SMILES string of the molecule is CC(=O)NC(CNc1cc(Cl)cc(C(F)(F)F)c1)C(=O)O. The molecule has 0 radical (unpaired) electrons. The summed E-state index contributed by atoms with van der Waals surface area (Å²) < 4.78 is 37.8. The lowest BCUT2D eigenvalue weighted by molar-refractivity contribution is -0.141. The van der Waals surface area contributed by atoms with Crippen molar-refractivity contribution in [2.75, 3.05) is 11.9 Å². The van der Waals surface area contributed by atoms with Crippen LogP contribution in [-0.4, -0.2) is 29.6 Å². The van der Waals surface area contributed by atoms with Crippen molar-refractivity contribution < 1.29 is 27.9 Å². The first kappa shape index (κ1) is 17.1. The Kier molecular flexibility index (Phi) is 5.42. The Morgan fingerprint density at radius 1 is 1.33 bits per heavy atom. The van der Waals surface area contributed by atoms with Gasteiger partial charge >= 0.3 is 12.1 Å². The van der Waals surface area contributed by atoms with Gasteiger partial charge in [-0.05, 0) is 18.2 Å². The van der Waals surface area contributed by atoms with E-state index in [2.05, 4.69) is 10.6 Å². The largest absolute Gasteiger partial charge is 0.480 e. The Morgan fingerprint density at radius 2 is 1.95 bits per heavy atom. The van der Waals surface area contributed by atoms with Crippen molar-refractivity contribution in [3.63, 3.8) is 0 Å². The lowest BCUT2D eigenvalue weighted by Crippen LogP contribution is -2.44. The average Bonchev–Trinajstić information content (AvgIpc) is 2.32. The zero-order chi connectivity index (χ0) is 16.2. The number of nitrogens with one attached hydrogen (secondary N) is 2. The summed E-state index contributed by atoms with van der Waals surface area (Å²) in [6.45, 7) is 0.851. The number of halogens is 4. The van der Waals surface area contributed by atoms with Crippen molar-refractivity contribution in [3.05, 3.63) is 28.8 Å². The average molecular weight is 325 g/mol. The van der Waals surface area contributed by atoms with Gasteiger partial charge in [0.2, 0.25) is 5.91 Å². The topological polar surface area (TPSA) is 78.4 Å². The second-order valence-corrected chi connectivity index (χ2v) is 4.64. The van der Waals surface area contributed by atoms with Crippen molar-refractivity contribution >= 4 is 29.2 Å². The van der Waals surface area contributed by atoms with Crippen LogP contribution in [-0.2, 0) is 15.8 Å². The van der Waals surface area contributed by atoms with E-state index in [1.165, 1.54) is 6.07 Å². The molecule has 0 spiro atoms. The fraction of sp³-hybridized carbons (Fsp3) is 0.333. The van der Waals surface area contributed by atoms with Gasteiger partial charge in [-0.15, -0.1) is 0 Å². The van der Waals surface area contributed by atoms with Crippen LogP contribution in [0.1, 0.15) is 12.5 Å². The Labute approximate surface area is 123 Å². The summed E-state index contributed by atoms with van der Waals surface area (Å²) in [5.74, 6) is -1.87. The molecule has 116 valence electrons. The number of carboxylic acid groups (broad SMARTS) is 1. The van der Waals surface area contributed by atoms with E-state index in [9.17, 15) is 22.8 Å². The highest BCUT2D eigenvalue weighted by Crippen LogP contribution is 2.33. The Morgan fingerprint density at radius 3 is 2.43 bits per heavy atom. The van der Waals surface area contributed by atoms with Gasteiger partial charge in [-0.1, -0.05) is 11.6 Å². The summed E-state index contributed by atoms with van der Waals surface area (Å²) in [4.78, 5) is 21.7. The van der Waals surface area contributed by atoms with Crippen molar-refractivity contribution in [1.82, 2.24) is 5.32 Å². The first-order valence-electron chi connectivity index (χ1n) is 5.71. The maximum atomic E-state index is 12.6. The second kappa shape index (κ2) is 6.66. The highest BCUT2D eigenvalue weighted by atomic mass is 35.5. The summed E-state index contributed by atoms with van der Waals surface area (Å²) in [6, 6.07) is 1.52. The summed E-state index contributed by atoms with van der Waals surface area (Å²) in [6.07, 6.45) is -4.56. The van der Waals surface area contributed by atoms with Crippen LogP contribution in [0.4, 0.5) is 18.9 Å². The van der Waals surface area contributed by atoms with Gasteiger partial charge in [0.15, 0.2) is 0 Å². The molecule has 0 bridgehead atoms. The molecule has 0 aliphatic carbocycles. The molecule has 0 saturated heterocycles. The van der Waals surface area contributed by atoms with Gasteiger partial charge in [0.05, 0.1) is 5.56 Å². The van der Waals surface area contributed by atoms with E-state index >= 15 is 0 Å². The van der Waals surface area contributed by atoms with Crippen molar-refractivity contribution in [2.45, 2.75) is 19.1 Å². The third-order valence-electron chi connectivity index (χ3n) is 2.41. The molecule has 0 heterocycles. The van der Waals surface area contributed by atoms with E-state index in [1.54, 1.807) is 0 Å². The molecular weight excluding hydrogens is 313 g/mol. The van der Waals surface area contributed by atoms with Gasteiger partial charge < -0.3 is 15.7 Å². The summed E-state index contributed by atoms with van der Waals surface area (Å²) >= 11 is 5.59. The normalized spacial score (nSPS) is 12.6. The predicted octanol–water partition coefficient (Wildman–Crippen LogP) is 2.36. The molecule has 5 nitrogen and oxygen atoms in total. The van der Waals surface area contributed by atoms with Crippen LogP contribution in [0, 0.1) is 0 Å². The molecule has 3 N–H and O–H groups in total. The number of hydrogen-bond donors (Lipinski definition) is 3. The molecule has 0 aliphatic heterocycles. The van der Waals surface area contributed by atoms with Crippen molar-refractivity contribution in [1.29, 1.82) is 0 Å². The number of anilines is 1. The highest BCUT2D eigenvalue weighted by molar-refractivity contribution is 6.30. The van der Waals surface area contributed by atoms with Crippen molar-refractivity contribution in [2.24, 2.45) is 0 Å². The quantitative estimate of drug-likeness (QED) is 0.777. The molecule has 1 atom stereocenters. The predicted molar refractivity (Wildman–Crippen MR) is 70.2 cm³/mol. The number of amides is 1. The molecule has 0 saturated carbocycles. The zero-order valence-corrected chi connectivity index (χ0v) is 11.5. The van der Waals surface area contributed by atoms with Crippen LogP contribution in [0.15, 0.2) is 18.2 Å². The van der Waals surface area contributed by atoms with Gasteiger partial charge in [0.25, 0.3) is 0 Å². The van der Waals surface area contributed by atoms with Crippen LogP contribution >= 0.6 is 11.6 Å². The van der Waals surface area contributed by atoms with Crippen LogP contribution in [0.2, 0.25) is 5.02 Å². The highest BCUT2D eigenvalue weighted by Gasteiger charge is 2.31. The molecule has 0 aliphatic rings. The first-order chi connectivity index (χ1) is 9.59. The molecule has 21 heavy (non-hydrogen) atoms. The summed E-state index contributed by atoms with van der Waals surface area (Å²) in [5, 5.41) is 13.4. The van der Waals surface area contributed by atoms with Crippen LogP contribution in [0.3, 0.4) is 0 Å². The molecule has 9 heteroatoms. The monoisotopic (exact) mass is 324 g/mol. The molecule has 1 aromatic rings. The van der Waals surface area contributed by atoms with Gasteiger partial charge in [-0.2, -0.15) is 13.2 Å². The van der Waals surface area contributed by atoms with E-state index in [4.69, 9.17) is 16.7 Å². The maximum Gasteiger partial charge on any atom is 0.416 e. The van der Waals surface area contributed by atoms with Gasteiger partial charge in [0.1, 0.15) is 6.04 Å². The lowest BCUT2D eigenvalue weighted by atomic mass is 10.2. The minimum Gasteiger partial charge on any atom is -0.480 e. The maximum absolute atomic E-state index is 12.6. The number of aliphatic carboxylic acids is 1. The van der Waals surface area contributed by atoms with Crippen LogP contribution < -0.4 is 10.6 Å². The van der Waals surface area contributed by atoms with E-state index in [0.29, 0.717) is 0 Å². The molecular formula is C12H12ClF3N2O3. The molecule has 1 amide bonds. The van der Waals surface area contributed by atoms with Gasteiger partial charge in [-0.25, -0.2) is 4.79 Å². The number of carbonyl (C=O) groups excluding carboxylic acids is 1. The fourth-order valence-corrected chi connectivity index (χ4v) is 1.76. The number of benzene rings is 1. The Hall–Kier alpha value is -1.96. The number of hydrogen-bond acceptors (Lipinski definition) is 3. The minimum absolute atomic E-state index is 0.00595. The van der Waals surface area contributed by atoms with Gasteiger partial charge in [-0.3, -0.25) is 4.79 Å². The van der Waals surface area contributed by atoms with Gasteiger partial charge in [0, 0.05) is 24.2 Å². The first-order valence-corrected chi connectivity index (χ1v) is 6.09. The standard InChI is InChI=1S/C12H12ClF3N2O3/c1-6(19)18-10(11(20)21)5-17-9-3-7(12(14,15)16)2-8(13)4-9/h2-4,10,17H,5H2,1H3,(H,18,19)(H,20,21). The molecule has 0 fully saturated rings. The number of carbonyl (C=O) groups is 2. The third-order valence-corrected chi connectivity index (χ3v) is 2.63. The Bertz CT molecular complexity index is 549. The van der Waals surface area contributed by atoms with Crippen LogP contribution in [0.25, 0.3) is 0 Å². The number of alkyl halides is 3. The second-order valence-electron chi connectivity index (χ2n) is 4.20. The number of rotatable bonds is 5. The van der Waals surface area contributed by atoms with E-state index < -0.39 is 29.7 Å². The van der Waals surface area contributed by atoms with E-state index in [0.717, 1.165) is 19.1 Å². The molecule has 1 unspecified atom stereocenters. The van der Waals surface area contributed by atoms with Crippen molar-refractivity contribution in [3.8, 4) is 0 Å². The zero-order valence-electron chi connectivity index (χ0n) is 10.8. The lowest BCUT2D eigenvalue weighted by Gasteiger charge is -2.16. The number of carboxylic acids is 1. The van der Waals surface area contributed by atoms with E-state index in [-0.39, 0.29) is 17.3 Å². The Balaban J connectivity index is 2.85.